The van der Waals surface area contributed by atoms with Crippen molar-refractivity contribution in [2.24, 2.45) is 0 Å². The van der Waals surface area contributed by atoms with E-state index in [0.717, 1.165) is 6.54 Å². The highest BCUT2D eigenvalue weighted by Crippen LogP contribution is 2.25. The summed E-state index contributed by atoms with van der Waals surface area (Å²) in [5.41, 5.74) is 0. The van der Waals surface area contributed by atoms with Crippen LogP contribution in [-0.2, 0) is 16.6 Å². The minimum absolute atomic E-state index is 0.0305. The zero-order valence-corrected chi connectivity index (χ0v) is 11.9. The lowest BCUT2D eigenvalue weighted by Gasteiger charge is -2.08. The molecule has 2 rings (SSSR count). The van der Waals surface area contributed by atoms with Crippen molar-refractivity contribution < 1.29 is 12.8 Å². The Hall–Kier alpha value is -0.500. The van der Waals surface area contributed by atoms with Crippen molar-refractivity contribution in [1.82, 2.24) is 10.0 Å². The van der Waals surface area contributed by atoms with Crippen molar-refractivity contribution in [2.75, 3.05) is 19.3 Å². The zero-order valence-electron chi connectivity index (χ0n) is 10.3. The first-order chi connectivity index (χ1) is 8.62. The molecule has 0 radical (unpaired) electrons. The Morgan fingerprint density at radius 2 is 2.33 bits per heavy atom. The fourth-order valence-corrected chi connectivity index (χ4v) is 3.76. The third kappa shape index (κ3) is 3.50. The van der Waals surface area contributed by atoms with Gasteiger partial charge in [0.2, 0.25) is 5.09 Å². The lowest BCUT2D eigenvalue weighted by molar-refractivity contribution is 0.400. The van der Waals surface area contributed by atoms with Gasteiger partial charge in [-0.1, -0.05) is 0 Å². The Balaban J connectivity index is 1.83. The third-order valence-corrected chi connectivity index (χ3v) is 5.55. The van der Waals surface area contributed by atoms with E-state index in [9.17, 15) is 8.42 Å². The maximum Gasteiger partial charge on any atom is 0.273 e. The molecule has 0 saturated carbocycles. The second kappa shape index (κ2) is 6.10. The van der Waals surface area contributed by atoms with Crippen LogP contribution in [0.4, 0.5) is 0 Å². The first-order valence-corrected chi connectivity index (χ1v) is 8.49. The Morgan fingerprint density at radius 3 is 3.00 bits per heavy atom. The summed E-state index contributed by atoms with van der Waals surface area (Å²) in [5.74, 6) is 1.89. The fraction of sp³-hybridized carbons (Fsp3) is 0.636. The summed E-state index contributed by atoms with van der Waals surface area (Å²) in [5, 5.41) is 3.95. The third-order valence-electron chi connectivity index (χ3n) is 2.87. The molecule has 1 saturated heterocycles. The second-order valence-electron chi connectivity index (χ2n) is 4.19. The molecule has 1 aromatic rings. The molecule has 18 heavy (non-hydrogen) atoms. The van der Waals surface area contributed by atoms with E-state index >= 15 is 0 Å². The van der Waals surface area contributed by atoms with Gasteiger partial charge >= 0.3 is 0 Å². The van der Waals surface area contributed by atoms with Crippen molar-refractivity contribution in [3.63, 3.8) is 0 Å². The molecule has 2 heterocycles. The predicted molar refractivity (Wildman–Crippen MR) is 72.1 cm³/mol. The van der Waals surface area contributed by atoms with Crippen LogP contribution in [0.1, 0.15) is 18.6 Å². The van der Waals surface area contributed by atoms with E-state index < -0.39 is 10.0 Å². The van der Waals surface area contributed by atoms with E-state index in [1.165, 1.54) is 31.7 Å². The summed E-state index contributed by atoms with van der Waals surface area (Å²) in [6.45, 7) is 1.51. The molecule has 102 valence electrons. The van der Waals surface area contributed by atoms with E-state index in [0.29, 0.717) is 17.6 Å². The van der Waals surface area contributed by atoms with Gasteiger partial charge in [0.05, 0.1) is 6.54 Å². The van der Waals surface area contributed by atoms with Gasteiger partial charge in [-0.2, -0.15) is 11.8 Å². The molecule has 0 aliphatic carbocycles. The van der Waals surface area contributed by atoms with Crippen molar-refractivity contribution in [3.8, 4) is 0 Å². The topological polar surface area (TPSA) is 71.3 Å². The van der Waals surface area contributed by atoms with Gasteiger partial charge in [0.25, 0.3) is 10.0 Å². The maximum absolute atomic E-state index is 11.5. The van der Waals surface area contributed by atoms with Gasteiger partial charge in [0.1, 0.15) is 5.76 Å². The van der Waals surface area contributed by atoms with Gasteiger partial charge in [-0.25, -0.2) is 13.1 Å². The van der Waals surface area contributed by atoms with Crippen LogP contribution in [0.3, 0.4) is 0 Å². The SMILES string of the molecule is CNS(=O)(=O)c1ccc(CNCC2CCCS2)o1. The van der Waals surface area contributed by atoms with Gasteiger partial charge in [-0.05, 0) is 37.8 Å². The Morgan fingerprint density at radius 1 is 1.50 bits per heavy atom. The summed E-state index contributed by atoms with van der Waals surface area (Å²) in [6.07, 6.45) is 2.55. The number of hydrogen-bond donors (Lipinski definition) is 2. The number of furan rings is 1. The molecular formula is C11H18N2O3S2. The van der Waals surface area contributed by atoms with Gasteiger partial charge < -0.3 is 9.73 Å². The highest BCUT2D eigenvalue weighted by atomic mass is 32.2. The van der Waals surface area contributed by atoms with Crippen molar-refractivity contribution in [3.05, 3.63) is 17.9 Å². The smallest absolute Gasteiger partial charge is 0.273 e. The molecule has 1 aromatic heterocycles. The van der Waals surface area contributed by atoms with Gasteiger partial charge in [-0.3, -0.25) is 0 Å². The number of nitrogens with one attached hydrogen (secondary N) is 2. The highest BCUT2D eigenvalue weighted by Gasteiger charge is 2.17. The van der Waals surface area contributed by atoms with Crippen LogP contribution >= 0.6 is 11.8 Å². The Bertz CT molecular complexity index is 478. The van der Waals surface area contributed by atoms with Crippen LogP contribution in [0.5, 0.6) is 0 Å². The number of sulfonamides is 1. The normalized spacial score (nSPS) is 20.4. The average Bonchev–Trinajstić information content (AvgIpc) is 3.00. The first-order valence-electron chi connectivity index (χ1n) is 5.96. The van der Waals surface area contributed by atoms with E-state index in [2.05, 4.69) is 10.0 Å². The zero-order chi connectivity index (χ0) is 13.0. The van der Waals surface area contributed by atoms with Crippen LogP contribution in [0.2, 0.25) is 0 Å². The van der Waals surface area contributed by atoms with Crippen molar-refractivity contribution in [2.45, 2.75) is 29.7 Å². The molecule has 1 aliphatic heterocycles. The quantitative estimate of drug-likeness (QED) is 0.823. The molecular weight excluding hydrogens is 272 g/mol. The van der Waals surface area contributed by atoms with Crippen LogP contribution < -0.4 is 10.0 Å². The molecule has 0 amide bonds. The Kier molecular flexibility index (Phi) is 4.71. The highest BCUT2D eigenvalue weighted by molar-refractivity contribution is 8.00. The van der Waals surface area contributed by atoms with Gasteiger partial charge in [0.15, 0.2) is 0 Å². The second-order valence-corrected chi connectivity index (χ2v) is 7.42. The molecule has 5 nitrogen and oxygen atoms in total. The monoisotopic (exact) mass is 290 g/mol. The average molecular weight is 290 g/mol. The number of rotatable bonds is 6. The van der Waals surface area contributed by atoms with Gasteiger partial charge in [-0.15, -0.1) is 0 Å². The lowest BCUT2D eigenvalue weighted by atomic mass is 10.2. The molecule has 2 N–H and O–H groups in total. The van der Waals surface area contributed by atoms with E-state index in [-0.39, 0.29) is 5.09 Å². The van der Waals surface area contributed by atoms with Crippen molar-refractivity contribution in [1.29, 1.82) is 0 Å². The maximum atomic E-state index is 11.5. The van der Waals surface area contributed by atoms with Crippen molar-refractivity contribution >= 4 is 21.8 Å². The summed E-state index contributed by atoms with van der Waals surface area (Å²) in [7, 11) is -2.10. The van der Waals surface area contributed by atoms with Crippen LogP contribution in [0.25, 0.3) is 0 Å². The molecule has 0 bridgehead atoms. The molecule has 7 heteroatoms. The van der Waals surface area contributed by atoms with Crippen LogP contribution in [0, 0.1) is 0 Å². The fourth-order valence-electron chi connectivity index (χ4n) is 1.86. The van der Waals surface area contributed by atoms with Gasteiger partial charge in [0, 0.05) is 11.8 Å². The molecule has 1 unspecified atom stereocenters. The van der Waals surface area contributed by atoms with E-state index in [1.54, 1.807) is 6.07 Å². The number of hydrogen-bond acceptors (Lipinski definition) is 5. The summed E-state index contributed by atoms with van der Waals surface area (Å²) >= 11 is 1.99. The molecule has 0 spiro atoms. The molecule has 1 aliphatic rings. The number of thioether (sulfide) groups is 1. The predicted octanol–water partition coefficient (Wildman–Crippen LogP) is 1.17. The molecule has 1 fully saturated rings. The standard InChI is InChI=1S/C11H18N2O3S2/c1-12-18(14,15)11-5-4-9(16-11)7-13-8-10-3-2-6-17-10/h4-5,10,12-13H,2-3,6-8H2,1H3. The largest absolute Gasteiger partial charge is 0.447 e. The summed E-state index contributed by atoms with van der Waals surface area (Å²) < 4.78 is 30.4. The van der Waals surface area contributed by atoms with E-state index in [1.807, 2.05) is 11.8 Å². The summed E-state index contributed by atoms with van der Waals surface area (Å²) in [6, 6.07) is 3.17. The molecule has 1 atom stereocenters. The van der Waals surface area contributed by atoms with Crippen LogP contribution in [0.15, 0.2) is 21.6 Å². The van der Waals surface area contributed by atoms with Crippen LogP contribution in [-0.4, -0.2) is 33.0 Å². The molecule has 0 aromatic carbocycles. The minimum Gasteiger partial charge on any atom is -0.447 e. The first kappa shape index (κ1) is 13.9. The Labute approximate surface area is 112 Å². The van der Waals surface area contributed by atoms with E-state index in [4.69, 9.17) is 4.42 Å². The lowest BCUT2D eigenvalue weighted by Crippen LogP contribution is -2.22. The summed E-state index contributed by atoms with van der Waals surface area (Å²) in [4.78, 5) is 0. The minimum atomic E-state index is -3.47.